The van der Waals surface area contributed by atoms with E-state index in [0.717, 1.165) is 6.42 Å². The minimum atomic E-state index is 0.704. The molecule has 0 fully saturated rings. The van der Waals surface area contributed by atoms with Gasteiger partial charge in [-0.2, -0.15) is 0 Å². The molecule has 72 valence electrons. The van der Waals surface area contributed by atoms with Gasteiger partial charge in [-0.15, -0.1) is 0 Å². The smallest absolute Gasteiger partial charge is 0.0190 e. The van der Waals surface area contributed by atoms with Gasteiger partial charge in [0.1, 0.15) is 0 Å². The molecule has 0 radical (unpaired) electrons. The van der Waals surface area contributed by atoms with Crippen LogP contribution in [0.2, 0.25) is 0 Å². The van der Waals surface area contributed by atoms with Crippen molar-refractivity contribution in [2.24, 2.45) is 0 Å². The zero-order chi connectivity index (χ0) is 9.84. The van der Waals surface area contributed by atoms with Crippen LogP contribution in [-0.2, 0) is 6.42 Å². The van der Waals surface area contributed by atoms with Gasteiger partial charge in [-0.3, -0.25) is 0 Å². The number of hydrogen-bond acceptors (Lipinski definition) is 0. The quantitative estimate of drug-likeness (QED) is 0.651. The number of hydrogen-bond donors (Lipinski definition) is 0. The van der Waals surface area contributed by atoms with Crippen LogP contribution >= 0.6 is 0 Å². The van der Waals surface area contributed by atoms with E-state index in [0.29, 0.717) is 5.92 Å². The summed E-state index contributed by atoms with van der Waals surface area (Å²) in [5.41, 5.74) is 4.44. The van der Waals surface area contributed by atoms with E-state index in [9.17, 15) is 0 Å². The van der Waals surface area contributed by atoms with Crippen LogP contribution in [0.4, 0.5) is 0 Å². The maximum Gasteiger partial charge on any atom is -0.0190 e. The lowest BCUT2D eigenvalue weighted by Gasteiger charge is -2.14. The predicted molar refractivity (Wildman–Crippen MR) is 59.3 cm³/mol. The van der Waals surface area contributed by atoms with E-state index in [-0.39, 0.29) is 0 Å². The van der Waals surface area contributed by atoms with Crippen LogP contribution in [0.3, 0.4) is 0 Å². The van der Waals surface area contributed by atoms with Gasteiger partial charge in [0.2, 0.25) is 0 Å². The van der Waals surface area contributed by atoms with Gasteiger partial charge in [0.15, 0.2) is 0 Å². The lowest BCUT2D eigenvalue weighted by molar-refractivity contribution is 0.722. The Balaban J connectivity index is 3.07. The minimum Gasteiger partial charge on any atom is -0.0648 e. The van der Waals surface area contributed by atoms with Crippen LogP contribution in [0, 0.1) is 6.92 Å². The van der Waals surface area contributed by atoms with E-state index in [1.54, 1.807) is 5.56 Å². The van der Waals surface area contributed by atoms with Crippen molar-refractivity contribution < 1.29 is 0 Å². The first-order valence-corrected chi connectivity index (χ1v) is 5.28. The molecule has 0 aliphatic carbocycles. The van der Waals surface area contributed by atoms with Crippen molar-refractivity contribution in [3.05, 3.63) is 34.9 Å². The topological polar surface area (TPSA) is 0 Å². The second-order valence-corrected chi connectivity index (χ2v) is 3.87. The molecule has 0 saturated carbocycles. The van der Waals surface area contributed by atoms with Crippen LogP contribution < -0.4 is 0 Å². The molecule has 0 saturated heterocycles. The van der Waals surface area contributed by atoms with Gasteiger partial charge < -0.3 is 0 Å². The Kier molecular flexibility index (Phi) is 3.53. The first-order chi connectivity index (χ1) is 6.19. The second-order valence-electron chi connectivity index (χ2n) is 3.87. The van der Waals surface area contributed by atoms with Crippen LogP contribution in [-0.4, -0.2) is 0 Å². The monoisotopic (exact) mass is 176 g/mol. The zero-order valence-corrected chi connectivity index (χ0v) is 9.22. The summed E-state index contributed by atoms with van der Waals surface area (Å²) < 4.78 is 0. The lowest BCUT2D eigenvalue weighted by atomic mass is 9.91. The Bertz CT molecular complexity index is 273. The Morgan fingerprint density at radius 1 is 1.23 bits per heavy atom. The van der Waals surface area contributed by atoms with Crippen LogP contribution in [0.5, 0.6) is 0 Å². The first-order valence-electron chi connectivity index (χ1n) is 5.28. The molecule has 1 rings (SSSR count). The zero-order valence-electron chi connectivity index (χ0n) is 9.22. The molecule has 13 heavy (non-hydrogen) atoms. The average Bonchev–Trinajstić information content (AvgIpc) is 2.16. The molecule has 1 atom stereocenters. The summed E-state index contributed by atoms with van der Waals surface area (Å²) in [5.74, 6) is 0.704. The number of rotatable bonds is 3. The van der Waals surface area contributed by atoms with Crippen LogP contribution in [0.15, 0.2) is 18.2 Å². The molecule has 0 nitrogen and oxygen atoms in total. The first kappa shape index (κ1) is 10.3. The van der Waals surface area contributed by atoms with Gasteiger partial charge in [0.05, 0.1) is 0 Å². The Hall–Kier alpha value is -0.780. The van der Waals surface area contributed by atoms with Gasteiger partial charge >= 0.3 is 0 Å². The molecule has 0 heterocycles. The summed E-state index contributed by atoms with van der Waals surface area (Å²) in [6.45, 7) is 8.97. The van der Waals surface area contributed by atoms with Gasteiger partial charge in [0, 0.05) is 0 Å². The number of benzene rings is 1. The van der Waals surface area contributed by atoms with E-state index >= 15 is 0 Å². The van der Waals surface area contributed by atoms with E-state index in [1.165, 1.54) is 17.5 Å². The fraction of sp³-hybridized carbons (Fsp3) is 0.538. The normalized spacial score (nSPS) is 12.9. The van der Waals surface area contributed by atoms with E-state index in [2.05, 4.69) is 45.9 Å². The van der Waals surface area contributed by atoms with Crippen LogP contribution in [0.25, 0.3) is 0 Å². The van der Waals surface area contributed by atoms with Crippen molar-refractivity contribution in [3.8, 4) is 0 Å². The predicted octanol–water partition coefficient (Wildman–Crippen LogP) is 4.07. The summed E-state index contributed by atoms with van der Waals surface area (Å²) in [6.07, 6.45) is 2.39. The molecule has 1 aromatic carbocycles. The average molecular weight is 176 g/mol. The Labute approximate surface area is 82.0 Å². The molecule has 0 bridgehead atoms. The SMILES string of the molecule is CCc1ccc(C)cc1C(C)CC. The molecule has 0 aliphatic rings. The third kappa shape index (κ3) is 2.33. The van der Waals surface area contributed by atoms with Gasteiger partial charge in [-0.05, 0) is 36.8 Å². The number of aryl methyl sites for hydroxylation is 2. The molecule has 0 aliphatic heterocycles. The van der Waals surface area contributed by atoms with E-state index in [1.807, 2.05) is 0 Å². The highest BCUT2D eigenvalue weighted by Crippen LogP contribution is 2.24. The minimum absolute atomic E-state index is 0.704. The van der Waals surface area contributed by atoms with Crippen molar-refractivity contribution in [3.63, 3.8) is 0 Å². The summed E-state index contributed by atoms with van der Waals surface area (Å²) in [5, 5.41) is 0. The third-order valence-electron chi connectivity index (χ3n) is 2.83. The molecule has 1 aromatic rings. The summed E-state index contributed by atoms with van der Waals surface area (Å²) in [4.78, 5) is 0. The highest BCUT2D eigenvalue weighted by molar-refractivity contribution is 5.33. The summed E-state index contributed by atoms with van der Waals surface area (Å²) >= 11 is 0. The largest absolute Gasteiger partial charge is 0.0648 e. The molecule has 0 heteroatoms. The fourth-order valence-electron chi connectivity index (χ4n) is 1.71. The molecule has 0 spiro atoms. The fourth-order valence-corrected chi connectivity index (χ4v) is 1.71. The van der Waals surface area contributed by atoms with Gasteiger partial charge in [0.25, 0.3) is 0 Å². The Morgan fingerprint density at radius 2 is 1.92 bits per heavy atom. The maximum atomic E-state index is 2.34. The van der Waals surface area contributed by atoms with Crippen molar-refractivity contribution in [1.29, 1.82) is 0 Å². The van der Waals surface area contributed by atoms with Crippen molar-refractivity contribution in [2.45, 2.75) is 46.5 Å². The highest BCUT2D eigenvalue weighted by atomic mass is 14.1. The summed E-state index contributed by atoms with van der Waals surface area (Å²) in [6, 6.07) is 6.83. The molecule has 0 N–H and O–H groups in total. The van der Waals surface area contributed by atoms with Crippen LogP contribution in [0.1, 0.15) is 49.8 Å². The van der Waals surface area contributed by atoms with Crippen molar-refractivity contribution in [1.82, 2.24) is 0 Å². The molecule has 1 unspecified atom stereocenters. The second kappa shape index (κ2) is 4.45. The third-order valence-corrected chi connectivity index (χ3v) is 2.83. The van der Waals surface area contributed by atoms with Gasteiger partial charge in [-0.25, -0.2) is 0 Å². The Morgan fingerprint density at radius 3 is 2.46 bits per heavy atom. The summed E-state index contributed by atoms with van der Waals surface area (Å²) in [7, 11) is 0. The maximum absolute atomic E-state index is 2.34. The van der Waals surface area contributed by atoms with Gasteiger partial charge in [-0.1, -0.05) is 44.5 Å². The highest BCUT2D eigenvalue weighted by Gasteiger charge is 2.07. The molecule has 0 amide bonds. The lowest BCUT2D eigenvalue weighted by Crippen LogP contribution is -1.98. The van der Waals surface area contributed by atoms with E-state index < -0.39 is 0 Å². The van der Waals surface area contributed by atoms with E-state index in [4.69, 9.17) is 0 Å². The molecular weight excluding hydrogens is 156 g/mol. The van der Waals surface area contributed by atoms with Crippen molar-refractivity contribution >= 4 is 0 Å². The molecular formula is C13H20. The van der Waals surface area contributed by atoms with Crippen molar-refractivity contribution in [2.75, 3.05) is 0 Å². The molecule has 0 aromatic heterocycles. The standard InChI is InChI=1S/C13H20/c1-5-11(4)13-9-10(3)7-8-12(13)6-2/h7-9,11H,5-6H2,1-4H3.